The fourth-order valence-electron chi connectivity index (χ4n) is 3.81. The first-order valence-corrected chi connectivity index (χ1v) is 9.90. The highest BCUT2D eigenvalue weighted by Gasteiger charge is 2.31. The second-order valence-corrected chi connectivity index (χ2v) is 7.90. The molecule has 138 valence electrons. The topological polar surface area (TPSA) is 71.2 Å². The van der Waals surface area contributed by atoms with Crippen LogP contribution in [0, 0.1) is 6.92 Å². The SMILES string of the molecule is Cc1nc(CN2CCN(c3cc(C4CCC4)nc(C4CC4)n3)CC2)no1. The fourth-order valence-corrected chi connectivity index (χ4v) is 3.81. The van der Waals surface area contributed by atoms with Gasteiger partial charge in [-0.25, -0.2) is 9.97 Å². The van der Waals surface area contributed by atoms with Gasteiger partial charge >= 0.3 is 0 Å². The molecule has 1 saturated heterocycles. The van der Waals surface area contributed by atoms with E-state index >= 15 is 0 Å². The van der Waals surface area contributed by atoms with Crippen LogP contribution in [0.15, 0.2) is 10.6 Å². The van der Waals surface area contributed by atoms with Crippen LogP contribution in [0.25, 0.3) is 0 Å². The molecule has 0 spiro atoms. The number of nitrogens with zero attached hydrogens (tertiary/aromatic N) is 6. The van der Waals surface area contributed by atoms with Crippen LogP contribution >= 0.6 is 0 Å². The highest BCUT2D eigenvalue weighted by Crippen LogP contribution is 2.41. The molecule has 1 aliphatic heterocycles. The number of rotatable bonds is 5. The smallest absolute Gasteiger partial charge is 0.223 e. The fraction of sp³-hybridized carbons (Fsp3) is 0.684. The van der Waals surface area contributed by atoms with Crippen LogP contribution in [-0.4, -0.2) is 51.2 Å². The lowest BCUT2D eigenvalue weighted by molar-refractivity contribution is 0.239. The molecule has 3 heterocycles. The molecule has 2 aromatic rings. The van der Waals surface area contributed by atoms with E-state index < -0.39 is 0 Å². The molecule has 0 aromatic carbocycles. The number of anilines is 1. The van der Waals surface area contributed by atoms with E-state index in [2.05, 4.69) is 26.0 Å². The molecule has 0 radical (unpaired) electrons. The van der Waals surface area contributed by atoms with E-state index in [4.69, 9.17) is 14.5 Å². The lowest BCUT2D eigenvalue weighted by atomic mass is 9.83. The Morgan fingerprint density at radius 3 is 2.42 bits per heavy atom. The summed E-state index contributed by atoms with van der Waals surface area (Å²) >= 11 is 0. The van der Waals surface area contributed by atoms with Gasteiger partial charge in [0.25, 0.3) is 0 Å². The summed E-state index contributed by atoms with van der Waals surface area (Å²) in [6.45, 7) is 6.56. The van der Waals surface area contributed by atoms with Crippen LogP contribution in [0.1, 0.15) is 67.2 Å². The van der Waals surface area contributed by atoms with Gasteiger partial charge in [-0.05, 0) is 25.7 Å². The molecular weight excluding hydrogens is 328 g/mol. The first kappa shape index (κ1) is 16.2. The molecule has 5 rings (SSSR count). The van der Waals surface area contributed by atoms with Crippen LogP contribution in [0.5, 0.6) is 0 Å². The summed E-state index contributed by atoms with van der Waals surface area (Å²) in [5.41, 5.74) is 1.29. The number of aryl methyl sites for hydroxylation is 1. The predicted octanol–water partition coefficient (Wildman–Crippen LogP) is 2.64. The highest BCUT2D eigenvalue weighted by molar-refractivity contribution is 5.42. The van der Waals surface area contributed by atoms with Gasteiger partial charge in [-0.2, -0.15) is 4.98 Å². The molecular formula is C19H26N6O. The van der Waals surface area contributed by atoms with Crippen molar-refractivity contribution in [2.45, 2.75) is 57.4 Å². The number of aromatic nitrogens is 4. The Morgan fingerprint density at radius 1 is 1.00 bits per heavy atom. The quantitative estimate of drug-likeness (QED) is 0.817. The lowest BCUT2D eigenvalue weighted by Crippen LogP contribution is -2.46. The van der Waals surface area contributed by atoms with E-state index in [1.165, 1.54) is 37.8 Å². The first-order chi connectivity index (χ1) is 12.7. The van der Waals surface area contributed by atoms with Crippen molar-refractivity contribution >= 4 is 5.82 Å². The maximum Gasteiger partial charge on any atom is 0.223 e. The molecule has 3 fully saturated rings. The summed E-state index contributed by atoms with van der Waals surface area (Å²) < 4.78 is 5.07. The van der Waals surface area contributed by atoms with Crippen molar-refractivity contribution in [2.75, 3.05) is 31.1 Å². The van der Waals surface area contributed by atoms with Gasteiger partial charge in [0.05, 0.1) is 6.54 Å². The molecule has 7 heteroatoms. The molecule has 2 aromatic heterocycles. The molecule has 0 N–H and O–H groups in total. The van der Waals surface area contributed by atoms with Crippen molar-refractivity contribution in [1.29, 1.82) is 0 Å². The van der Waals surface area contributed by atoms with Crippen LogP contribution in [0.3, 0.4) is 0 Å². The standard InChI is InChI=1S/C19H26N6O/c1-13-20-17(23-26-13)12-24-7-9-25(10-8-24)18-11-16(14-3-2-4-14)21-19(22-18)15-5-6-15/h11,14-15H,2-10,12H2,1H3. The Labute approximate surface area is 153 Å². The Kier molecular flexibility index (Phi) is 4.11. The van der Waals surface area contributed by atoms with Crippen LogP contribution in [0.4, 0.5) is 5.82 Å². The molecule has 0 bridgehead atoms. The van der Waals surface area contributed by atoms with Crippen molar-refractivity contribution in [2.24, 2.45) is 0 Å². The average molecular weight is 354 g/mol. The van der Waals surface area contributed by atoms with E-state index in [1.807, 2.05) is 6.92 Å². The Hall–Kier alpha value is -2.02. The van der Waals surface area contributed by atoms with Crippen LogP contribution in [0.2, 0.25) is 0 Å². The minimum atomic E-state index is 0.608. The average Bonchev–Trinajstić information content (AvgIpc) is 3.37. The van der Waals surface area contributed by atoms with E-state index in [-0.39, 0.29) is 0 Å². The van der Waals surface area contributed by atoms with Gasteiger partial charge in [0.1, 0.15) is 11.6 Å². The Balaban J connectivity index is 1.27. The van der Waals surface area contributed by atoms with Crippen molar-refractivity contribution in [1.82, 2.24) is 25.0 Å². The minimum Gasteiger partial charge on any atom is -0.354 e. The second kappa shape index (κ2) is 6.61. The number of hydrogen-bond donors (Lipinski definition) is 0. The summed E-state index contributed by atoms with van der Waals surface area (Å²) in [4.78, 5) is 19.0. The van der Waals surface area contributed by atoms with Crippen molar-refractivity contribution in [3.8, 4) is 0 Å². The zero-order valence-corrected chi connectivity index (χ0v) is 15.4. The van der Waals surface area contributed by atoms with Crippen LogP contribution < -0.4 is 4.90 Å². The number of piperazine rings is 1. The van der Waals surface area contributed by atoms with Gasteiger partial charge < -0.3 is 9.42 Å². The van der Waals surface area contributed by atoms with Gasteiger partial charge in [-0.15, -0.1) is 0 Å². The van der Waals surface area contributed by atoms with E-state index in [9.17, 15) is 0 Å². The summed E-state index contributed by atoms with van der Waals surface area (Å²) in [6.07, 6.45) is 6.44. The molecule has 26 heavy (non-hydrogen) atoms. The first-order valence-electron chi connectivity index (χ1n) is 9.90. The molecule has 0 amide bonds. The maximum atomic E-state index is 5.07. The van der Waals surface area contributed by atoms with Gasteiger partial charge in [-0.1, -0.05) is 11.6 Å². The second-order valence-electron chi connectivity index (χ2n) is 7.90. The molecule has 2 aliphatic carbocycles. The molecule has 0 atom stereocenters. The molecule has 0 unspecified atom stereocenters. The summed E-state index contributed by atoms with van der Waals surface area (Å²) in [5.74, 6) is 4.92. The van der Waals surface area contributed by atoms with Crippen molar-refractivity contribution in [3.05, 3.63) is 29.3 Å². The molecule has 7 nitrogen and oxygen atoms in total. The van der Waals surface area contributed by atoms with Gasteiger partial charge in [-0.3, -0.25) is 4.90 Å². The molecule has 2 saturated carbocycles. The summed E-state index contributed by atoms with van der Waals surface area (Å²) in [5, 5.41) is 4.01. The largest absolute Gasteiger partial charge is 0.354 e. The van der Waals surface area contributed by atoms with E-state index in [1.54, 1.807) is 0 Å². The highest BCUT2D eigenvalue weighted by atomic mass is 16.5. The van der Waals surface area contributed by atoms with Crippen LogP contribution in [-0.2, 0) is 6.54 Å². The summed E-state index contributed by atoms with van der Waals surface area (Å²) in [6, 6.07) is 2.26. The monoisotopic (exact) mass is 354 g/mol. The Bertz CT molecular complexity index is 774. The zero-order valence-electron chi connectivity index (χ0n) is 15.4. The van der Waals surface area contributed by atoms with Gasteiger partial charge in [0.2, 0.25) is 5.89 Å². The van der Waals surface area contributed by atoms with E-state index in [0.29, 0.717) is 17.7 Å². The minimum absolute atomic E-state index is 0.608. The third-order valence-corrected chi connectivity index (χ3v) is 5.85. The maximum absolute atomic E-state index is 5.07. The Morgan fingerprint density at radius 2 is 1.81 bits per heavy atom. The number of hydrogen-bond acceptors (Lipinski definition) is 7. The third-order valence-electron chi connectivity index (χ3n) is 5.85. The lowest BCUT2D eigenvalue weighted by Gasteiger charge is -2.35. The van der Waals surface area contributed by atoms with Gasteiger partial charge in [0, 0.05) is 56.7 Å². The van der Waals surface area contributed by atoms with Gasteiger partial charge in [0.15, 0.2) is 5.82 Å². The predicted molar refractivity (Wildman–Crippen MR) is 97.1 cm³/mol. The summed E-state index contributed by atoms with van der Waals surface area (Å²) in [7, 11) is 0. The van der Waals surface area contributed by atoms with Crippen molar-refractivity contribution in [3.63, 3.8) is 0 Å². The third kappa shape index (κ3) is 3.32. The van der Waals surface area contributed by atoms with Crippen molar-refractivity contribution < 1.29 is 4.52 Å². The normalized spacial score (nSPS) is 21.8. The van der Waals surface area contributed by atoms with E-state index in [0.717, 1.165) is 50.2 Å². The molecule has 3 aliphatic rings. The zero-order chi connectivity index (χ0) is 17.5.